The molecule has 2 aromatic rings. The van der Waals surface area contributed by atoms with Gasteiger partial charge in [-0.15, -0.1) is 11.6 Å². The second-order valence-corrected chi connectivity index (χ2v) is 6.85. The van der Waals surface area contributed by atoms with Crippen LogP contribution in [0.15, 0.2) is 65.7 Å². The molecule has 0 aliphatic carbocycles. The molecule has 0 bridgehead atoms. The van der Waals surface area contributed by atoms with Crippen molar-refractivity contribution in [3.05, 3.63) is 71.8 Å². The number of hydrogen-bond donors (Lipinski definition) is 1. The summed E-state index contributed by atoms with van der Waals surface area (Å²) in [7, 11) is 0. The average molecular weight is 330 g/mol. The fourth-order valence-corrected chi connectivity index (χ4v) is 3.13. The Hall–Kier alpha value is -1.84. The number of rotatable bonds is 4. The first-order chi connectivity index (χ1) is 10.9. The van der Waals surface area contributed by atoms with E-state index in [1.807, 2.05) is 74.5 Å². The molecule has 0 radical (unpaired) electrons. The van der Waals surface area contributed by atoms with E-state index in [-0.39, 0.29) is 5.54 Å². The topological polar surface area (TPSA) is 41.8 Å². The summed E-state index contributed by atoms with van der Waals surface area (Å²) < 4.78 is 5.68. The highest BCUT2D eigenvalue weighted by atomic mass is 35.5. The molecule has 4 heteroatoms. The molecule has 0 amide bonds. The summed E-state index contributed by atoms with van der Waals surface area (Å²) in [6.45, 7) is 4.42. The van der Waals surface area contributed by atoms with Gasteiger partial charge in [-0.1, -0.05) is 60.7 Å². The molecule has 3 nitrogen and oxygen atoms in total. The van der Waals surface area contributed by atoms with E-state index in [1.165, 1.54) is 0 Å². The van der Waals surface area contributed by atoms with Gasteiger partial charge in [0.15, 0.2) is 0 Å². The van der Waals surface area contributed by atoms with E-state index in [9.17, 15) is 5.11 Å². The Morgan fingerprint density at radius 1 is 1.04 bits per heavy atom. The molecule has 23 heavy (non-hydrogen) atoms. The molecular formula is C19H20ClNO2. The Labute approximate surface area is 141 Å². The zero-order valence-electron chi connectivity index (χ0n) is 13.2. The minimum Gasteiger partial charge on any atom is -0.477 e. The smallest absolute Gasteiger partial charge is 0.206 e. The number of hydrogen-bond acceptors (Lipinski definition) is 3. The van der Waals surface area contributed by atoms with E-state index in [2.05, 4.69) is 4.99 Å². The van der Waals surface area contributed by atoms with Gasteiger partial charge in [-0.05, 0) is 25.0 Å². The van der Waals surface area contributed by atoms with E-state index < -0.39 is 11.0 Å². The lowest BCUT2D eigenvalue weighted by molar-refractivity contribution is 0.0860. The third kappa shape index (κ3) is 2.99. The maximum Gasteiger partial charge on any atom is 0.206 e. The van der Waals surface area contributed by atoms with E-state index in [0.717, 1.165) is 0 Å². The third-order valence-electron chi connectivity index (χ3n) is 4.00. The Balaban J connectivity index is 2.10. The molecule has 1 aliphatic rings. The van der Waals surface area contributed by atoms with Crippen LogP contribution in [0.25, 0.3) is 0 Å². The first-order valence-corrected chi connectivity index (χ1v) is 8.07. The fraction of sp³-hybridized carbons (Fsp3) is 0.316. The van der Waals surface area contributed by atoms with Crippen LogP contribution in [0.1, 0.15) is 25.0 Å². The molecule has 0 aromatic heterocycles. The predicted molar refractivity (Wildman–Crippen MR) is 93.0 cm³/mol. The maximum atomic E-state index is 11.6. The highest BCUT2D eigenvalue weighted by molar-refractivity contribution is 6.32. The lowest BCUT2D eigenvalue weighted by Gasteiger charge is -2.33. The quantitative estimate of drug-likeness (QED) is 0.868. The second-order valence-electron chi connectivity index (χ2n) is 6.41. The summed E-state index contributed by atoms with van der Waals surface area (Å²) in [4.78, 5) is 4.54. The molecule has 0 fully saturated rings. The van der Waals surface area contributed by atoms with Crippen LogP contribution in [-0.4, -0.2) is 28.5 Å². The van der Waals surface area contributed by atoms with Gasteiger partial charge >= 0.3 is 0 Å². The van der Waals surface area contributed by atoms with Gasteiger partial charge in [0.2, 0.25) is 5.90 Å². The minimum absolute atomic E-state index is 0.323. The molecule has 1 unspecified atom stereocenters. The Morgan fingerprint density at radius 3 is 1.91 bits per heavy atom. The summed E-state index contributed by atoms with van der Waals surface area (Å²) >= 11 is 6.68. The summed E-state index contributed by atoms with van der Waals surface area (Å²) in [6.07, 6.45) is 0. The molecule has 1 heterocycles. The van der Waals surface area contributed by atoms with Gasteiger partial charge in [0.25, 0.3) is 0 Å². The van der Waals surface area contributed by atoms with Gasteiger partial charge in [0.1, 0.15) is 17.6 Å². The van der Waals surface area contributed by atoms with Gasteiger partial charge in [-0.25, -0.2) is 4.99 Å². The van der Waals surface area contributed by atoms with Crippen LogP contribution in [0.5, 0.6) is 0 Å². The van der Waals surface area contributed by atoms with Gasteiger partial charge < -0.3 is 9.84 Å². The number of ether oxygens (including phenoxy) is 1. The van der Waals surface area contributed by atoms with Crippen LogP contribution in [0.4, 0.5) is 0 Å². The van der Waals surface area contributed by atoms with E-state index in [4.69, 9.17) is 16.3 Å². The van der Waals surface area contributed by atoms with E-state index >= 15 is 0 Å². The molecule has 0 saturated carbocycles. The normalized spacial score (nSPS) is 18.2. The molecule has 120 valence electrons. The van der Waals surface area contributed by atoms with Crippen molar-refractivity contribution >= 4 is 17.5 Å². The maximum absolute atomic E-state index is 11.6. The van der Waals surface area contributed by atoms with Crippen LogP contribution in [0.3, 0.4) is 0 Å². The lowest BCUT2D eigenvalue weighted by Crippen LogP contribution is -2.42. The lowest BCUT2D eigenvalue weighted by atomic mass is 9.83. The van der Waals surface area contributed by atoms with Crippen molar-refractivity contribution in [1.29, 1.82) is 0 Å². The molecule has 1 atom stereocenters. The van der Waals surface area contributed by atoms with Crippen LogP contribution in [0, 0.1) is 0 Å². The zero-order chi connectivity index (χ0) is 16.5. The van der Waals surface area contributed by atoms with Crippen LogP contribution in [0.2, 0.25) is 0 Å². The Bertz CT molecular complexity index is 658. The van der Waals surface area contributed by atoms with Gasteiger partial charge in [0, 0.05) is 0 Å². The molecule has 0 spiro atoms. The summed E-state index contributed by atoms with van der Waals surface area (Å²) in [6, 6.07) is 18.8. The van der Waals surface area contributed by atoms with Crippen LogP contribution in [-0.2, 0) is 10.3 Å². The Kier molecular flexibility index (Phi) is 4.17. The number of benzene rings is 2. The van der Waals surface area contributed by atoms with Gasteiger partial charge in [-0.2, -0.15) is 0 Å². The number of aliphatic imine (C=N–C) groups is 1. The van der Waals surface area contributed by atoms with E-state index in [0.29, 0.717) is 23.6 Å². The van der Waals surface area contributed by atoms with E-state index in [1.54, 1.807) is 0 Å². The summed E-state index contributed by atoms with van der Waals surface area (Å²) in [5.41, 5.74) is -0.315. The summed E-state index contributed by atoms with van der Waals surface area (Å²) in [5, 5.41) is 10.7. The van der Waals surface area contributed by atoms with Crippen molar-refractivity contribution in [2.24, 2.45) is 4.99 Å². The molecule has 3 rings (SSSR count). The number of aliphatic hydroxyl groups is 1. The number of halogens is 1. The number of alkyl halides is 1. The fourth-order valence-electron chi connectivity index (χ4n) is 2.77. The van der Waals surface area contributed by atoms with Crippen molar-refractivity contribution < 1.29 is 9.84 Å². The van der Waals surface area contributed by atoms with Crippen molar-refractivity contribution in [2.45, 2.75) is 30.4 Å². The molecular weight excluding hydrogens is 310 g/mol. The van der Waals surface area contributed by atoms with Crippen molar-refractivity contribution in [1.82, 2.24) is 0 Å². The average Bonchev–Trinajstić information content (AvgIpc) is 2.95. The van der Waals surface area contributed by atoms with Crippen LogP contribution < -0.4 is 0 Å². The second kappa shape index (κ2) is 5.99. The summed E-state index contributed by atoms with van der Waals surface area (Å²) in [5.74, 6) is 0.381. The third-order valence-corrected chi connectivity index (χ3v) is 4.50. The first-order valence-electron chi connectivity index (χ1n) is 7.63. The highest BCUT2D eigenvalue weighted by Crippen LogP contribution is 2.38. The molecule has 1 aliphatic heterocycles. The van der Waals surface area contributed by atoms with Gasteiger partial charge in [-0.3, -0.25) is 0 Å². The zero-order valence-corrected chi connectivity index (χ0v) is 14.0. The largest absolute Gasteiger partial charge is 0.477 e. The van der Waals surface area contributed by atoms with Crippen molar-refractivity contribution in [3.8, 4) is 0 Å². The highest BCUT2D eigenvalue weighted by Gasteiger charge is 2.45. The Morgan fingerprint density at radius 2 is 1.52 bits per heavy atom. The molecule has 2 aromatic carbocycles. The monoisotopic (exact) mass is 329 g/mol. The standard InChI is InChI=1S/C19H20ClNO2/c1-18(2)13-23-17(21-18)16(20)19(22,14-9-5-3-6-10-14)15-11-7-4-8-12-15/h3-12,16,22H,13H2,1-2H3. The predicted octanol–water partition coefficient (Wildman–Crippen LogP) is 3.74. The van der Waals surface area contributed by atoms with Gasteiger partial charge in [0.05, 0.1) is 5.54 Å². The first kappa shape index (κ1) is 16.0. The van der Waals surface area contributed by atoms with Crippen molar-refractivity contribution in [3.63, 3.8) is 0 Å². The SMILES string of the molecule is CC1(C)COC(C(Cl)C(O)(c2ccccc2)c2ccccc2)=N1. The number of nitrogens with zero attached hydrogens (tertiary/aromatic N) is 1. The van der Waals surface area contributed by atoms with Crippen LogP contribution >= 0.6 is 11.6 Å². The molecule has 1 N–H and O–H groups in total. The minimum atomic E-state index is -1.41. The molecule has 0 saturated heterocycles. The van der Waals surface area contributed by atoms with Crippen molar-refractivity contribution in [2.75, 3.05) is 6.61 Å².